The van der Waals surface area contributed by atoms with Crippen molar-refractivity contribution in [1.82, 2.24) is 0 Å². The molecule has 0 fully saturated rings. The minimum atomic E-state index is -0.499. The second-order valence-electron chi connectivity index (χ2n) is 7.37. The van der Waals surface area contributed by atoms with Gasteiger partial charge in [0.25, 0.3) is 5.91 Å². The van der Waals surface area contributed by atoms with E-state index in [1.807, 2.05) is 31.2 Å². The third-order valence-corrected chi connectivity index (χ3v) is 5.29. The molecule has 0 aliphatic rings. The Morgan fingerprint density at radius 3 is 2.12 bits per heavy atom. The van der Waals surface area contributed by atoms with Crippen molar-refractivity contribution in [3.05, 3.63) is 82.0 Å². The molecule has 7 heteroatoms. The largest absolute Gasteiger partial charge is 0.493 e. The van der Waals surface area contributed by atoms with Gasteiger partial charge in [-0.15, -0.1) is 0 Å². The molecule has 168 valence electrons. The van der Waals surface area contributed by atoms with Gasteiger partial charge in [0.05, 0.1) is 32.3 Å². The molecule has 0 aliphatic heterocycles. The van der Waals surface area contributed by atoms with E-state index in [1.54, 1.807) is 24.3 Å². The lowest BCUT2D eigenvalue weighted by atomic mass is 10.0. The number of hydrogen-bond acceptors (Lipinski definition) is 6. The number of carbonyl (C=O) groups excluding carboxylic acids is 1. The molecule has 0 bridgehead atoms. The molecular formula is C26H23NO6. The number of methoxy groups -OCH3 is 3. The zero-order valence-corrected chi connectivity index (χ0v) is 18.7. The number of fused-ring (bicyclic) bond motifs is 1. The Labute approximate surface area is 190 Å². The molecule has 0 atom stereocenters. The van der Waals surface area contributed by atoms with Crippen LogP contribution in [0.3, 0.4) is 0 Å². The maximum absolute atomic E-state index is 13.4. The van der Waals surface area contributed by atoms with E-state index in [0.717, 1.165) is 5.56 Å². The van der Waals surface area contributed by atoms with Gasteiger partial charge < -0.3 is 18.6 Å². The van der Waals surface area contributed by atoms with Crippen molar-refractivity contribution in [3.8, 4) is 28.4 Å². The van der Waals surface area contributed by atoms with Crippen LogP contribution in [0.2, 0.25) is 0 Å². The summed E-state index contributed by atoms with van der Waals surface area (Å²) in [6.45, 7) is 1.96. The van der Waals surface area contributed by atoms with Crippen molar-refractivity contribution in [2.24, 2.45) is 0 Å². The fourth-order valence-electron chi connectivity index (χ4n) is 3.60. The van der Waals surface area contributed by atoms with Gasteiger partial charge >= 0.3 is 0 Å². The molecule has 4 rings (SSSR count). The van der Waals surface area contributed by atoms with E-state index < -0.39 is 5.91 Å². The molecule has 33 heavy (non-hydrogen) atoms. The van der Waals surface area contributed by atoms with Crippen LogP contribution in [0.15, 0.2) is 69.9 Å². The zero-order valence-electron chi connectivity index (χ0n) is 18.7. The minimum Gasteiger partial charge on any atom is -0.493 e. The monoisotopic (exact) mass is 445 g/mol. The van der Waals surface area contributed by atoms with Crippen molar-refractivity contribution >= 4 is 22.8 Å². The third kappa shape index (κ3) is 4.13. The molecule has 7 nitrogen and oxygen atoms in total. The van der Waals surface area contributed by atoms with E-state index in [4.69, 9.17) is 18.6 Å². The number of para-hydroxylation sites is 1. The van der Waals surface area contributed by atoms with Crippen LogP contribution in [0, 0.1) is 6.92 Å². The SMILES string of the molecule is COc1cc(C(=O)Nc2oc3ccccc3c(=O)c2-c2ccc(C)cc2)cc(OC)c1OC. The number of rotatable bonds is 6. The first-order chi connectivity index (χ1) is 16.0. The maximum atomic E-state index is 13.4. The fraction of sp³-hybridized carbons (Fsp3) is 0.154. The summed E-state index contributed by atoms with van der Waals surface area (Å²) in [4.78, 5) is 26.6. The van der Waals surface area contributed by atoms with Gasteiger partial charge in [-0.05, 0) is 36.8 Å². The highest BCUT2D eigenvalue weighted by Crippen LogP contribution is 2.38. The number of amides is 1. The first-order valence-corrected chi connectivity index (χ1v) is 10.2. The van der Waals surface area contributed by atoms with Crippen molar-refractivity contribution in [2.75, 3.05) is 26.6 Å². The van der Waals surface area contributed by atoms with Gasteiger partial charge in [-0.3, -0.25) is 14.9 Å². The Balaban J connectivity index is 1.85. The second-order valence-corrected chi connectivity index (χ2v) is 7.37. The topological polar surface area (TPSA) is 87.0 Å². The molecule has 0 aliphatic carbocycles. The van der Waals surface area contributed by atoms with E-state index >= 15 is 0 Å². The van der Waals surface area contributed by atoms with Crippen LogP contribution in [0.4, 0.5) is 5.88 Å². The summed E-state index contributed by atoms with van der Waals surface area (Å²) < 4.78 is 22.0. The molecule has 0 unspecified atom stereocenters. The second kappa shape index (κ2) is 9.08. The quantitative estimate of drug-likeness (QED) is 0.447. The van der Waals surface area contributed by atoms with E-state index in [9.17, 15) is 9.59 Å². The van der Waals surface area contributed by atoms with Gasteiger partial charge in [-0.1, -0.05) is 42.0 Å². The predicted molar refractivity (Wildman–Crippen MR) is 127 cm³/mol. The lowest BCUT2D eigenvalue weighted by molar-refractivity contribution is 0.102. The minimum absolute atomic E-state index is 0.0568. The zero-order chi connectivity index (χ0) is 23.5. The summed E-state index contributed by atoms with van der Waals surface area (Å²) in [5, 5.41) is 3.18. The molecule has 0 radical (unpaired) electrons. The van der Waals surface area contributed by atoms with Crippen LogP contribution in [-0.2, 0) is 0 Å². The molecule has 0 spiro atoms. The molecule has 1 N–H and O–H groups in total. The van der Waals surface area contributed by atoms with Gasteiger partial charge in [-0.25, -0.2) is 0 Å². The van der Waals surface area contributed by atoms with Gasteiger partial charge in [0.2, 0.25) is 17.1 Å². The van der Waals surface area contributed by atoms with Crippen LogP contribution < -0.4 is 25.0 Å². The van der Waals surface area contributed by atoms with Gasteiger partial charge in [-0.2, -0.15) is 0 Å². The predicted octanol–water partition coefficient (Wildman–Crippen LogP) is 5.05. The standard InChI is InChI=1S/C26H23NO6/c1-15-9-11-16(12-10-15)22-23(28)18-7-5-6-8-19(18)33-26(22)27-25(29)17-13-20(30-2)24(32-4)21(14-17)31-3/h5-14H,1-4H3,(H,27,29). The van der Waals surface area contributed by atoms with Crippen LogP contribution in [0.1, 0.15) is 15.9 Å². The Morgan fingerprint density at radius 2 is 1.52 bits per heavy atom. The van der Waals surface area contributed by atoms with Gasteiger partial charge in [0.15, 0.2) is 11.5 Å². The normalized spacial score (nSPS) is 10.7. The van der Waals surface area contributed by atoms with Crippen molar-refractivity contribution in [2.45, 2.75) is 6.92 Å². The number of nitrogens with one attached hydrogen (secondary N) is 1. The average Bonchev–Trinajstić information content (AvgIpc) is 2.84. The summed E-state index contributed by atoms with van der Waals surface area (Å²) in [5.74, 6) is 0.595. The number of aryl methyl sites for hydroxylation is 1. The Bertz CT molecular complexity index is 1360. The van der Waals surface area contributed by atoms with E-state index in [1.165, 1.54) is 33.5 Å². The third-order valence-electron chi connectivity index (χ3n) is 5.29. The smallest absolute Gasteiger partial charge is 0.258 e. The number of carbonyl (C=O) groups is 1. The Morgan fingerprint density at radius 1 is 0.879 bits per heavy atom. The van der Waals surface area contributed by atoms with Crippen molar-refractivity contribution in [1.29, 1.82) is 0 Å². The Kier molecular flexibility index (Phi) is 6.04. The highest BCUT2D eigenvalue weighted by molar-refractivity contribution is 6.06. The lowest BCUT2D eigenvalue weighted by Gasteiger charge is -2.15. The number of benzene rings is 3. The van der Waals surface area contributed by atoms with E-state index in [-0.39, 0.29) is 22.4 Å². The van der Waals surface area contributed by atoms with Gasteiger partial charge in [0, 0.05) is 5.56 Å². The fourth-order valence-corrected chi connectivity index (χ4v) is 3.60. The van der Waals surface area contributed by atoms with Crippen LogP contribution in [0.25, 0.3) is 22.1 Å². The van der Waals surface area contributed by atoms with E-state index in [2.05, 4.69) is 5.32 Å². The lowest BCUT2D eigenvalue weighted by Crippen LogP contribution is -2.17. The number of hydrogen-bond donors (Lipinski definition) is 1. The highest BCUT2D eigenvalue weighted by atomic mass is 16.5. The van der Waals surface area contributed by atoms with Gasteiger partial charge in [0.1, 0.15) is 5.58 Å². The van der Waals surface area contributed by atoms with Crippen LogP contribution >= 0.6 is 0 Å². The van der Waals surface area contributed by atoms with Crippen LogP contribution in [-0.4, -0.2) is 27.2 Å². The molecule has 3 aromatic carbocycles. The molecule has 1 aromatic heterocycles. The van der Waals surface area contributed by atoms with Crippen molar-refractivity contribution < 1.29 is 23.4 Å². The summed E-state index contributed by atoms with van der Waals surface area (Å²) >= 11 is 0. The molecule has 4 aromatic rings. The first-order valence-electron chi connectivity index (χ1n) is 10.2. The summed E-state index contributed by atoms with van der Waals surface area (Å²) in [6.07, 6.45) is 0. The Hall–Kier alpha value is -4.26. The average molecular weight is 445 g/mol. The first kappa shape index (κ1) is 22.0. The molecule has 1 amide bonds. The number of ether oxygens (including phenoxy) is 3. The summed E-state index contributed by atoms with van der Waals surface area (Å²) in [6, 6.07) is 17.4. The van der Waals surface area contributed by atoms with E-state index in [0.29, 0.717) is 33.8 Å². The molecule has 0 saturated heterocycles. The van der Waals surface area contributed by atoms with Crippen molar-refractivity contribution in [3.63, 3.8) is 0 Å². The summed E-state index contributed by atoms with van der Waals surface area (Å²) in [5.41, 5.74) is 2.34. The molecule has 0 saturated carbocycles. The molecular weight excluding hydrogens is 422 g/mol. The molecule has 1 heterocycles. The number of anilines is 1. The highest BCUT2D eigenvalue weighted by Gasteiger charge is 2.21. The van der Waals surface area contributed by atoms with Crippen LogP contribution in [0.5, 0.6) is 17.2 Å². The maximum Gasteiger partial charge on any atom is 0.258 e. The summed E-state index contributed by atoms with van der Waals surface area (Å²) in [7, 11) is 4.42.